The molecule has 7 nitrogen and oxygen atoms in total. The number of amides is 2. The van der Waals surface area contributed by atoms with E-state index in [-0.39, 0.29) is 22.8 Å². The largest absolute Gasteiger partial charge is 0.494 e. The molecule has 0 aromatic heterocycles. The number of rotatable bonds is 7. The molecule has 1 saturated heterocycles. The highest BCUT2D eigenvalue weighted by atomic mass is 35.5. The van der Waals surface area contributed by atoms with E-state index in [1.54, 1.807) is 24.3 Å². The molecule has 0 atom stereocenters. The van der Waals surface area contributed by atoms with E-state index in [0.717, 1.165) is 17.9 Å². The third kappa shape index (κ3) is 6.61. The van der Waals surface area contributed by atoms with Crippen LogP contribution in [0.5, 0.6) is 5.75 Å². The number of hydrogen-bond donors (Lipinski definition) is 2. The van der Waals surface area contributed by atoms with E-state index in [0.29, 0.717) is 49.1 Å². The van der Waals surface area contributed by atoms with E-state index in [2.05, 4.69) is 15.5 Å². The quantitative estimate of drug-likeness (QED) is 0.541. The molecule has 0 unspecified atom stereocenters. The Kier molecular flexibility index (Phi) is 9.12. The average molecular weight is 503 g/mol. The van der Waals surface area contributed by atoms with Crippen LogP contribution in [0.3, 0.4) is 0 Å². The molecule has 2 aromatic rings. The van der Waals surface area contributed by atoms with Crippen LogP contribution in [0.15, 0.2) is 42.5 Å². The van der Waals surface area contributed by atoms with Crippen molar-refractivity contribution in [2.24, 2.45) is 5.92 Å². The van der Waals surface area contributed by atoms with Crippen molar-refractivity contribution in [3.63, 3.8) is 0 Å². The van der Waals surface area contributed by atoms with E-state index >= 15 is 0 Å². The second-order valence-corrected chi connectivity index (χ2v) is 9.20. The molecule has 34 heavy (non-hydrogen) atoms. The Hall–Kier alpha value is -2.84. The van der Waals surface area contributed by atoms with Crippen molar-refractivity contribution in [3.05, 3.63) is 53.1 Å². The lowest BCUT2D eigenvalue weighted by atomic mass is 10.1. The fourth-order valence-corrected chi connectivity index (χ4v) is 4.20. The molecule has 0 aliphatic carbocycles. The fourth-order valence-electron chi connectivity index (χ4n) is 3.70. The molecular formula is C25H31ClN4O3S. The van der Waals surface area contributed by atoms with Gasteiger partial charge in [0, 0.05) is 37.7 Å². The molecular weight excluding hydrogens is 472 g/mol. The molecule has 0 saturated carbocycles. The fraction of sp³-hybridized carbons (Fsp3) is 0.400. The lowest BCUT2D eigenvalue weighted by Gasteiger charge is -2.38. The van der Waals surface area contributed by atoms with Crippen LogP contribution in [-0.4, -0.2) is 54.6 Å². The zero-order valence-electron chi connectivity index (χ0n) is 19.8. The Balaban J connectivity index is 1.64. The first-order valence-corrected chi connectivity index (χ1v) is 12.3. The Morgan fingerprint density at radius 3 is 2.38 bits per heavy atom. The lowest BCUT2D eigenvalue weighted by molar-refractivity contribution is -0.134. The van der Waals surface area contributed by atoms with Gasteiger partial charge < -0.3 is 19.9 Å². The van der Waals surface area contributed by atoms with Crippen LogP contribution in [0.25, 0.3) is 0 Å². The molecule has 9 heteroatoms. The van der Waals surface area contributed by atoms with Crippen LogP contribution in [0, 0.1) is 5.92 Å². The van der Waals surface area contributed by atoms with Gasteiger partial charge in [0.15, 0.2) is 5.11 Å². The van der Waals surface area contributed by atoms with Crippen LogP contribution in [0.1, 0.15) is 37.6 Å². The normalized spacial score (nSPS) is 13.6. The number of hydrogen-bond acceptors (Lipinski definition) is 5. The zero-order chi connectivity index (χ0) is 24.7. The van der Waals surface area contributed by atoms with Gasteiger partial charge in [-0.05, 0) is 55.0 Å². The van der Waals surface area contributed by atoms with E-state index in [1.165, 1.54) is 0 Å². The number of anilines is 2. The van der Waals surface area contributed by atoms with Crippen molar-refractivity contribution in [1.29, 1.82) is 0 Å². The summed E-state index contributed by atoms with van der Waals surface area (Å²) in [6.45, 7) is 9.05. The summed E-state index contributed by atoms with van der Waals surface area (Å²) < 4.78 is 5.55. The molecule has 1 aliphatic heterocycles. The minimum absolute atomic E-state index is 0.0230. The first-order valence-electron chi connectivity index (χ1n) is 11.5. The van der Waals surface area contributed by atoms with Gasteiger partial charge in [-0.2, -0.15) is 0 Å². The molecule has 0 spiro atoms. The third-order valence-corrected chi connectivity index (χ3v) is 5.96. The van der Waals surface area contributed by atoms with Crippen molar-refractivity contribution < 1.29 is 14.3 Å². The number of para-hydroxylation sites is 1. The van der Waals surface area contributed by atoms with Gasteiger partial charge in [0.25, 0.3) is 5.91 Å². The molecule has 0 bridgehead atoms. The van der Waals surface area contributed by atoms with Crippen molar-refractivity contribution in [2.75, 3.05) is 43.0 Å². The van der Waals surface area contributed by atoms with Crippen molar-refractivity contribution in [1.82, 2.24) is 10.2 Å². The number of ether oxygens (including phenoxy) is 1. The molecule has 1 heterocycles. The van der Waals surface area contributed by atoms with Gasteiger partial charge in [-0.25, -0.2) is 0 Å². The number of nitrogens with zero attached hydrogens (tertiary/aromatic N) is 2. The second-order valence-electron chi connectivity index (χ2n) is 8.38. The second kappa shape index (κ2) is 12.0. The smallest absolute Gasteiger partial charge is 0.257 e. The Labute approximate surface area is 211 Å². The molecule has 1 aliphatic rings. The van der Waals surface area contributed by atoms with Gasteiger partial charge >= 0.3 is 0 Å². The Morgan fingerprint density at radius 1 is 1.09 bits per heavy atom. The molecule has 2 amide bonds. The van der Waals surface area contributed by atoms with E-state index < -0.39 is 0 Å². The van der Waals surface area contributed by atoms with E-state index in [1.807, 2.05) is 43.9 Å². The zero-order valence-corrected chi connectivity index (χ0v) is 21.3. The third-order valence-electron chi connectivity index (χ3n) is 5.45. The van der Waals surface area contributed by atoms with Gasteiger partial charge in [-0.3, -0.25) is 14.9 Å². The highest BCUT2D eigenvalue weighted by molar-refractivity contribution is 7.80. The minimum Gasteiger partial charge on any atom is -0.494 e. The van der Waals surface area contributed by atoms with Gasteiger partial charge in [0.2, 0.25) is 5.91 Å². The summed E-state index contributed by atoms with van der Waals surface area (Å²) in [5, 5.41) is 6.58. The van der Waals surface area contributed by atoms with Crippen molar-refractivity contribution in [2.45, 2.75) is 27.2 Å². The predicted molar refractivity (Wildman–Crippen MR) is 141 cm³/mol. The first kappa shape index (κ1) is 25.8. The number of nitrogens with one attached hydrogen (secondary N) is 2. The SMILES string of the molecule is CCCOc1ccc(C(=O)NC(=S)Nc2cccc(Cl)c2N2CCN(C(=O)C(C)C)CC2)cc1. The number of carbonyl (C=O) groups excluding carboxylic acids is 2. The van der Waals surface area contributed by atoms with Crippen LogP contribution in [0.4, 0.5) is 11.4 Å². The average Bonchev–Trinajstić information content (AvgIpc) is 2.82. The Morgan fingerprint density at radius 2 is 1.76 bits per heavy atom. The van der Waals surface area contributed by atoms with E-state index in [4.69, 9.17) is 28.6 Å². The number of piperazine rings is 1. The molecule has 2 aromatic carbocycles. The van der Waals surface area contributed by atoms with Crippen molar-refractivity contribution in [3.8, 4) is 5.75 Å². The maximum atomic E-state index is 12.6. The summed E-state index contributed by atoms with van der Waals surface area (Å²) in [6.07, 6.45) is 0.916. The van der Waals surface area contributed by atoms with Gasteiger partial charge in [0.1, 0.15) is 5.75 Å². The summed E-state index contributed by atoms with van der Waals surface area (Å²) in [6, 6.07) is 12.4. The first-order chi connectivity index (χ1) is 16.3. The molecule has 1 fully saturated rings. The summed E-state index contributed by atoms with van der Waals surface area (Å²) in [7, 11) is 0. The van der Waals surface area contributed by atoms with Crippen molar-refractivity contribution >= 4 is 52.1 Å². The van der Waals surface area contributed by atoms with Crippen LogP contribution < -0.4 is 20.3 Å². The number of thiocarbonyl (C=S) groups is 1. The summed E-state index contributed by atoms with van der Waals surface area (Å²) in [4.78, 5) is 29.0. The lowest BCUT2D eigenvalue weighted by Crippen LogP contribution is -2.50. The summed E-state index contributed by atoms with van der Waals surface area (Å²) in [5.41, 5.74) is 1.98. The van der Waals surface area contributed by atoms with Crippen LogP contribution in [0.2, 0.25) is 5.02 Å². The topological polar surface area (TPSA) is 73.9 Å². The Bertz CT molecular complexity index is 1020. The van der Waals surface area contributed by atoms with Gasteiger partial charge in [-0.1, -0.05) is 38.4 Å². The summed E-state index contributed by atoms with van der Waals surface area (Å²) >= 11 is 11.9. The number of carbonyl (C=O) groups is 2. The minimum atomic E-state index is -0.316. The predicted octanol–water partition coefficient (Wildman–Crippen LogP) is 4.56. The monoisotopic (exact) mass is 502 g/mol. The van der Waals surface area contributed by atoms with E-state index in [9.17, 15) is 9.59 Å². The molecule has 182 valence electrons. The summed E-state index contributed by atoms with van der Waals surface area (Å²) in [5.74, 6) is 0.540. The van der Waals surface area contributed by atoms with Gasteiger partial charge in [-0.15, -0.1) is 0 Å². The highest BCUT2D eigenvalue weighted by Crippen LogP contribution is 2.34. The maximum absolute atomic E-state index is 12.6. The highest BCUT2D eigenvalue weighted by Gasteiger charge is 2.25. The van der Waals surface area contributed by atoms with Gasteiger partial charge in [0.05, 0.1) is 23.0 Å². The number of benzene rings is 2. The number of halogens is 1. The molecule has 2 N–H and O–H groups in total. The molecule has 0 radical (unpaired) electrons. The maximum Gasteiger partial charge on any atom is 0.257 e. The molecule has 3 rings (SSSR count). The standard InChI is InChI=1S/C25H31ClN4O3S/c1-4-16-33-19-10-8-18(9-11-19)23(31)28-25(34)27-21-7-5-6-20(26)22(21)29-12-14-30(15-13-29)24(32)17(2)3/h5-11,17H,4,12-16H2,1-3H3,(H2,27,28,31,34). The van der Waals surface area contributed by atoms with Crippen LogP contribution in [-0.2, 0) is 4.79 Å². The van der Waals surface area contributed by atoms with Crippen LogP contribution >= 0.6 is 23.8 Å².